The highest BCUT2D eigenvalue weighted by atomic mass is 32.2. The molecule has 0 aliphatic carbocycles. The maximum atomic E-state index is 4.87. The second-order valence-corrected chi connectivity index (χ2v) is 2.50. The Morgan fingerprint density at radius 3 is 2.25 bits per heavy atom. The Morgan fingerprint density at radius 1 is 1.62 bits per heavy atom. The molecule has 0 aromatic rings. The van der Waals surface area contributed by atoms with Crippen LogP contribution in [0.4, 0.5) is 0 Å². The van der Waals surface area contributed by atoms with Gasteiger partial charge in [-0.15, -0.1) is 0 Å². The molecular weight excluding hydrogens is 140 g/mol. The lowest BCUT2D eigenvalue weighted by atomic mass is 10.9. The highest BCUT2D eigenvalue weighted by molar-refractivity contribution is 7.98. The zero-order valence-corrected chi connectivity index (χ0v) is 6.90. The summed E-state index contributed by atoms with van der Waals surface area (Å²) in [6.07, 6.45) is 1.94. The molecule has 0 heterocycles. The molecule has 0 unspecified atom stereocenters. The first kappa shape index (κ1) is 8.04. The van der Waals surface area contributed by atoms with Crippen LogP contribution >= 0.6 is 24.2 Å². The highest BCUT2D eigenvalue weighted by Gasteiger charge is 1.92. The van der Waals surface area contributed by atoms with Crippen LogP contribution in [-0.4, -0.2) is 30.4 Å². The molecular formula is C4H10N2S2. The average Bonchev–Trinajstić information content (AvgIpc) is 1.67. The van der Waals surface area contributed by atoms with Crippen molar-refractivity contribution in [1.29, 1.82) is 0 Å². The fraction of sp³-hybridized carbons (Fsp3) is 0.750. The molecule has 0 saturated carbocycles. The predicted octanol–water partition coefficient (Wildman–Crippen LogP) is 0.700. The first-order valence-corrected chi connectivity index (χ1v) is 3.82. The molecule has 4 heteroatoms. The summed E-state index contributed by atoms with van der Waals surface area (Å²) in [5.41, 5.74) is 0. The number of hydrogen-bond acceptors (Lipinski definition) is 2. The maximum absolute atomic E-state index is 4.87. The van der Waals surface area contributed by atoms with Gasteiger partial charge in [-0.2, -0.15) is 0 Å². The van der Waals surface area contributed by atoms with Crippen molar-refractivity contribution in [2.75, 3.05) is 20.4 Å². The molecule has 1 N–H and O–H groups in total. The number of thiocarbonyl (C=S) groups is 1. The molecule has 0 atom stereocenters. The molecule has 2 nitrogen and oxygen atoms in total. The molecule has 48 valence electrons. The molecule has 8 heavy (non-hydrogen) atoms. The lowest BCUT2D eigenvalue weighted by molar-refractivity contribution is 0.623. The summed E-state index contributed by atoms with van der Waals surface area (Å²) in [5, 5.41) is 0.762. The molecule has 0 amide bonds. The number of nitrogens with one attached hydrogen (secondary N) is 1. The van der Waals surface area contributed by atoms with Gasteiger partial charge < -0.3 is 9.62 Å². The van der Waals surface area contributed by atoms with Crippen molar-refractivity contribution in [3.05, 3.63) is 0 Å². The quantitative estimate of drug-likeness (QED) is 0.437. The standard InChI is InChI=1S/C4H10N2S2/c1-6(2)4(7)5-8-3/h1-3H3,(H,5,7). The fourth-order valence-electron chi connectivity index (χ4n) is 0.179. The van der Waals surface area contributed by atoms with Crippen LogP contribution in [-0.2, 0) is 0 Å². The van der Waals surface area contributed by atoms with Gasteiger partial charge in [-0.05, 0) is 12.2 Å². The third-order valence-electron chi connectivity index (χ3n) is 0.596. The van der Waals surface area contributed by atoms with Crippen LogP contribution in [0, 0.1) is 0 Å². The van der Waals surface area contributed by atoms with Crippen molar-refractivity contribution in [1.82, 2.24) is 9.62 Å². The van der Waals surface area contributed by atoms with Gasteiger partial charge >= 0.3 is 0 Å². The van der Waals surface area contributed by atoms with Crippen molar-refractivity contribution in [3.8, 4) is 0 Å². The summed E-state index contributed by atoms with van der Waals surface area (Å²) >= 11 is 6.38. The fourth-order valence-corrected chi connectivity index (χ4v) is 0.786. The Bertz CT molecular complexity index is 82.1. The third-order valence-corrected chi connectivity index (χ3v) is 1.59. The Morgan fingerprint density at radius 2 is 2.12 bits per heavy atom. The Kier molecular flexibility index (Phi) is 3.99. The largest absolute Gasteiger partial charge is 0.355 e. The number of rotatable bonds is 1. The summed E-state index contributed by atoms with van der Waals surface area (Å²) in [6.45, 7) is 0. The van der Waals surface area contributed by atoms with Crippen molar-refractivity contribution in [2.24, 2.45) is 0 Å². The molecule has 0 spiro atoms. The van der Waals surface area contributed by atoms with Crippen LogP contribution in [0.5, 0.6) is 0 Å². The van der Waals surface area contributed by atoms with Crippen molar-refractivity contribution in [3.63, 3.8) is 0 Å². The molecule has 0 radical (unpaired) electrons. The van der Waals surface area contributed by atoms with Gasteiger partial charge in [0.25, 0.3) is 0 Å². The Hall–Kier alpha value is 0.0400. The van der Waals surface area contributed by atoms with Crippen molar-refractivity contribution in [2.45, 2.75) is 0 Å². The minimum atomic E-state index is 0.762. The molecule has 0 aromatic carbocycles. The van der Waals surface area contributed by atoms with Gasteiger partial charge in [-0.3, -0.25) is 0 Å². The second-order valence-electron chi connectivity index (χ2n) is 1.51. The van der Waals surface area contributed by atoms with Crippen LogP contribution in [0.1, 0.15) is 0 Å². The minimum absolute atomic E-state index is 0.762. The van der Waals surface area contributed by atoms with Gasteiger partial charge in [0.15, 0.2) is 5.11 Å². The van der Waals surface area contributed by atoms with Gasteiger partial charge in [0.05, 0.1) is 0 Å². The Balaban J connectivity index is 3.33. The zero-order chi connectivity index (χ0) is 6.57. The lowest BCUT2D eigenvalue weighted by Gasteiger charge is -2.12. The number of nitrogens with zero attached hydrogens (tertiary/aromatic N) is 1. The van der Waals surface area contributed by atoms with E-state index in [9.17, 15) is 0 Å². The van der Waals surface area contributed by atoms with Crippen LogP contribution in [0.25, 0.3) is 0 Å². The smallest absolute Gasteiger partial charge is 0.178 e. The summed E-state index contributed by atoms with van der Waals surface area (Å²) in [6, 6.07) is 0. The highest BCUT2D eigenvalue weighted by Crippen LogP contribution is 1.85. The molecule has 0 aliphatic rings. The van der Waals surface area contributed by atoms with Gasteiger partial charge in [0.2, 0.25) is 0 Å². The normalized spacial score (nSPS) is 8.38. The van der Waals surface area contributed by atoms with Crippen molar-refractivity contribution >= 4 is 29.3 Å². The molecule has 0 fully saturated rings. The Labute approximate surface area is 59.8 Å². The van der Waals surface area contributed by atoms with E-state index >= 15 is 0 Å². The second kappa shape index (κ2) is 3.97. The first-order chi connectivity index (χ1) is 3.68. The van der Waals surface area contributed by atoms with Gasteiger partial charge in [-0.25, -0.2) is 0 Å². The van der Waals surface area contributed by atoms with E-state index in [-0.39, 0.29) is 0 Å². The maximum Gasteiger partial charge on any atom is 0.178 e. The van der Waals surface area contributed by atoms with Gasteiger partial charge in [0.1, 0.15) is 0 Å². The summed E-state index contributed by atoms with van der Waals surface area (Å²) in [5.74, 6) is 0. The average molecular weight is 150 g/mol. The van der Waals surface area contributed by atoms with E-state index in [1.165, 1.54) is 11.9 Å². The van der Waals surface area contributed by atoms with E-state index in [0.717, 1.165) is 5.11 Å². The summed E-state index contributed by atoms with van der Waals surface area (Å²) < 4.78 is 2.92. The predicted molar refractivity (Wildman–Crippen MR) is 42.9 cm³/mol. The van der Waals surface area contributed by atoms with E-state index < -0.39 is 0 Å². The first-order valence-electron chi connectivity index (χ1n) is 2.18. The summed E-state index contributed by atoms with van der Waals surface area (Å²) in [4.78, 5) is 1.85. The van der Waals surface area contributed by atoms with Crippen LogP contribution < -0.4 is 4.72 Å². The van der Waals surface area contributed by atoms with E-state index in [1.807, 2.05) is 25.3 Å². The van der Waals surface area contributed by atoms with E-state index in [2.05, 4.69) is 4.72 Å². The van der Waals surface area contributed by atoms with Crippen molar-refractivity contribution < 1.29 is 0 Å². The van der Waals surface area contributed by atoms with Crippen LogP contribution in [0.2, 0.25) is 0 Å². The zero-order valence-electron chi connectivity index (χ0n) is 5.26. The van der Waals surface area contributed by atoms with Gasteiger partial charge in [0, 0.05) is 20.4 Å². The minimum Gasteiger partial charge on any atom is -0.355 e. The van der Waals surface area contributed by atoms with E-state index in [0.29, 0.717) is 0 Å². The monoisotopic (exact) mass is 150 g/mol. The lowest BCUT2D eigenvalue weighted by Crippen LogP contribution is -2.29. The SMILES string of the molecule is CSNC(=S)N(C)C. The topological polar surface area (TPSA) is 15.3 Å². The molecule has 0 saturated heterocycles. The molecule has 0 bridgehead atoms. The van der Waals surface area contributed by atoms with E-state index in [1.54, 1.807) is 0 Å². The summed E-state index contributed by atoms with van der Waals surface area (Å²) in [7, 11) is 3.82. The molecule has 0 aromatic heterocycles. The third kappa shape index (κ3) is 3.10. The van der Waals surface area contributed by atoms with Crippen LogP contribution in [0.3, 0.4) is 0 Å². The molecule has 0 rings (SSSR count). The molecule has 0 aliphatic heterocycles. The van der Waals surface area contributed by atoms with Crippen LogP contribution in [0.15, 0.2) is 0 Å². The van der Waals surface area contributed by atoms with Gasteiger partial charge in [-0.1, -0.05) is 11.9 Å². The van der Waals surface area contributed by atoms with E-state index in [4.69, 9.17) is 12.2 Å². The number of hydrogen-bond donors (Lipinski definition) is 1.